The zero-order valence-electron chi connectivity index (χ0n) is 50.6. The third-order valence-electron chi connectivity index (χ3n) is 11.4. The Bertz CT molecular complexity index is 2520. The van der Waals surface area contributed by atoms with E-state index in [4.69, 9.17) is 23.7 Å². The summed E-state index contributed by atoms with van der Waals surface area (Å²) in [4.78, 5) is 122. The lowest BCUT2D eigenvalue weighted by molar-refractivity contribution is -0.133. The molecule has 3 rings (SSSR count). The molecule has 0 radical (unpaired) electrons. The fourth-order valence-electron chi connectivity index (χ4n) is 8.03. The molecular formula is C58H91N9O15. The number of phenolic OH excluding ortho intramolecular Hbond substituents is 1. The molecule has 4 bridgehead atoms. The van der Waals surface area contributed by atoms with Crippen molar-refractivity contribution in [1.82, 2.24) is 47.9 Å². The number of benzene rings is 2. The summed E-state index contributed by atoms with van der Waals surface area (Å²) < 4.78 is 27.1. The summed E-state index contributed by atoms with van der Waals surface area (Å²) in [5, 5.41) is 35.7. The van der Waals surface area contributed by atoms with Gasteiger partial charge in [-0.3, -0.25) is 19.2 Å². The van der Waals surface area contributed by atoms with E-state index in [1.165, 1.54) is 6.07 Å². The zero-order chi connectivity index (χ0) is 61.8. The smallest absolute Gasteiger partial charge is 0.408 e. The molecule has 1 aliphatic heterocycles. The summed E-state index contributed by atoms with van der Waals surface area (Å²) in [7, 11) is 0. The maximum atomic E-state index is 14.9. The van der Waals surface area contributed by atoms with Crippen LogP contribution in [0, 0.1) is 0 Å². The van der Waals surface area contributed by atoms with Crippen molar-refractivity contribution in [3.63, 3.8) is 0 Å². The van der Waals surface area contributed by atoms with Gasteiger partial charge in [-0.2, -0.15) is 0 Å². The summed E-state index contributed by atoms with van der Waals surface area (Å²) in [6.45, 7) is 25.5. The van der Waals surface area contributed by atoms with Crippen LogP contribution in [0.25, 0.3) is 11.1 Å². The van der Waals surface area contributed by atoms with Crippen LogP contribution in [-0.4, -0.2) is 144 Å². The Morgan fingerprint density at radius 1 is 0.561 bits per heavy atom. The van der Waals surface area contributed by atoms with Crippen LogP contribution < -0.4 is 47.9 Å². The van der Waals surface area contributed by atoms with Gasteiger partial charge in [0.1, 0.15) is 51.9 Å². The van der Waals surface area contributed by atoms with Crippen LogP contribution in [0.3, 0.4) is 0 Å². The normalized spacial score (nSPS) is 16.8. The fraction of sp³-hybridized carbons (Fsp3) is 0.638. The molecule has 0 fully saturated rings. The van der Waals surface area contributed by atoms with Gasteiger partial charge in [-0.25, -0.2) is 24.0 Å². The van der Waals surface area contributed by atoms with E-state index in [0.29, 0.717) is 23.1 Å². The van der Waals surface area contributed by atoms with E-state index in [1.54, 1.807) is 140 Å². The number of amides is 9. The van der Waals surface area contributed by atoms with Gasteiger partial charge in [0.2, 0.25) is 23.6 Å². The first-order chi connectivity index (χ1) is 37.8. The minimum atomic E-state index is -1.41. The molecular weight excluding hydrogens is 1060 g/mol. The van der Waals surface area contributed by atoms with Crippen molar-refractivity contribution >= 4 is 54.1 Å². The summed E-state index contributed by atoms with van der Waals surface area (Å²) in [6.07, 6.45) is -3.80. The molecule has 0 aliphatic carbocycles. The Morgan fingerprint density at radius 3 is 1.66 bits per heavy atom. The second-order valence-electron chi connectivity index (χ2n) is 25.2. The lowest BCUT2D eigenvalue weighted by Crippen LogP contribution is -2.58. The predicted molar refractivity (Wildman–Crippen MR) is 306 cm³/mol. The quantitative estimate of drug-likeness (QED) is 0.0535. The van der Waals surface area contributed by atoms with Crippen LogP contribution in [0.1, 0.15) is 154 Å². The van der Waals surface area contributed by atoms with Crippen molar-refractivity contribution in [2.24, 2.45) is 0 Å². The van der Waals surface area contributed by atoms with Crippen molar-refractivity contribution in [1.29, 1.82) is 0 Å². The molecule has 24 nitrogen and oxygen atoms in total. The fourth-order valence-corrected chi connectivity index (χ4v) is 8.03. The summed E-state index contributed by atoms with van der Waals surface area (Å²) in [6, 6.07) is 6.04. The molecule has 0 aromatic heterocycles. The molecule has 10 N–H and O–H groups in total. The molecule has 1 aliphatic rings. The van der Waals surface area contributed by atoms with E-state index in [-0.39, 0.29) is 82.4 Å². The van der Waals surface area contributed by atoms with Crippen molar-refractivity contribution in [2.45, 2.75) is 213 Å². The lowest BCUT2D eigenvalue weighted by Gasteiger charge is -2.28. The largest absolute Gasteiger partial charge is 0.508 e. The zero-order valence-corrected chi connectivity index (χ0v) is 50.6. The van der Waals surface area contributed by atoms with Gasteiger partial charge in [-0.05, 0) is 170 Å². The van der Waals surface area contributed by atoms with Crippen LogP contribution in [-0.2, 0) is 55.7 Å². The number of hydrogen-bond acceptors (Lipinski definition) is 15. The number of fused-ring (bicyclic) bond motifs is 5. The molecule has 82 heavy (non-hydrogen) atoms. The van der Waals surface area contributed by atoms with E-state index in [0.717, 1.165) is 0 Å². The first-order valence-electron chi connectivity index (χ1n) is 27.8. The number of alkyl carbamates (subject to hydrolysis) is 5. The highest BCUT2D eigenvalue weighted by Crippen LogP contribution is 2.29. The SMILES string of the molecule is CC(C)(C)OC(=O)NCCC[C@@H](CNC(=O)CC(CCNC(=O)OC(C)(C)C)NC(=O)[C@@H]1Cc2cccc(c2)-c2ccc(O)c(c2)C[C@H](NC(=O)OC(C)(C)C)C(=O)N[C@@H](CCCNC(=O)OC(C)(C)C)C(=O)N1)NC(=O)OC(C)(C)C. The summed E-state index contributed by atoms with van der Waals surface area (Å²) in [5.41, 5.74) is -2.01. The van der Waals surface area contributed by atoms with Gasteiger partial charge in [-0.1, -0.05) is 30.3 Å². The van der Waals surface area contributed by atoms with Crippen LogP contribution >= 0.6 is 0 Å². The number of carbonyl (C=O) groups is 9. The van der Waals surface area contributed by atoms with Gasteiger partial charge >= 0.3 is 30.5 Å². The number of ether oxygens (including phenoxy) is 5. The van der Waals surface area contributed by atoms with Crippen molar-refractivity contribution in [2.75, 3.05) is 26.2 Å². The van der Waals surface area contributed by atoms with E-state index < -0.39 is 112 Å². The monoisotopic (exact) mass is 1150 g/mol. The number of rotatable bonds is 19. The standard InChI is InChI=1S/C58H91N9O15/c1-54(2,3)78-49(73)59-26-17-21-40(64-52(76)81-57(10,11)12)34-62-45(69)33-39(25-28-61-51(75)80-56(7,8)9)63-47(71)42-30-35-19-16-20-36(29-35)37-23-24-44(68)38(31-37)32-43(67-53(77)82-58(13,14)15)48(72)65-41(46(70)66-42)22-18-27-60-50(74)79-55(4,5)6/h16,19-20,23-24,29,31,39-43,68H,17-18,21-22,25-28,30,32-34H2,1-15H3,(H,59,73)(H,60,74)(H,61,75)(H,62,69)(H,63,71)(H,64,76)(H,65,72)(H,66,70)(H,67,77)/t39?,40-,41-,42-,43-/m0/s1. The van der Waals surface area contributed by atoms with E-state index in [1.807, 2.05) is 0 Å². The van der Waals surface area contributed by atoms with Crippen LogP contribution in [0.4, 0.5) is 24.0 Å². The Labute approximate surface area is 482 Å². The molecule has 1 heterocycles. The number of phenols is 1. The molecule has 1 unspecified atom stereocenters. The number of carbonyl (C=O) groups excluding carboxylic acids is 9. The van der Waals surface area contributed by atoms with Gasteiger partial charge in [0.15, 0.2) is 0 Å². The minimum Gasteiger partial charge on any atom is -0.508 e. The van der Waals surface area contributed by atoms with E-state index in [2.05, 4.69) is 47.9 Å². The second kappa shape index (κ2) is 30.5. The molecule has 2 aromatic rings. The number of aromatic hydroxyl groups is 1. The maximum Gasteiger partial charge on any atom is 0.408 e. The van der Waals surface area contributed by atoms with Crippen molar-refractivity contribution < 1.29 is 71.9 Å². The van der Waals surface area contributed by atoms with Gasteiger partial charge < -0.3 is 76.6 Å². The van der Waals surface area contributed by atoms with Gasteiger partial charge in [0.25, 0.3) is 0 Å². The molecule has 0 spiro atoms. The molecule has 458 valence electrons. The second-order valence-corrected chi connectivity index (χ2v) is 25.2. The van der Waals surface area contributed by atoms with Crippen LogP contribution in [0.5, 0.6) is 5.75 Å². The third-order valence-corrected chi connectivity index (χ3v) is 11.4. The lowest BCUT2D eigenvalue weighted by atomic mass is 9.95. The Balaban J connectivity index is 2.05. The van der Waals surface area contributed by atoms with Gasteiger partial charge in [-0.15, -0.1) is 0 Å². The third kappa shape index (κ3) is 28.8. The van der Waals surface area contributed by atoms with Crippen LogP contribution in [0.2, 0.25) is 0 Å². The highest BCUT2D eigenvalue weighted by Gasteiger charge is 2.33. The Kier molecular flexibility index (Phi) is 25.6. The highest BCUT2D eigenvalue weighted by molar-refractivity contribution is 5.94. The molecule has 9 amide bonds. The Hall–Kier alpha value is -7.53. The first kappa shape index (κ1) is 68.7. The predicted octanol–water partition coefficient (Wildman–Crippen LogP) is 6.43. The molecule has 0 saturated heterocycles. The van der Waals surface area contributed by atoms with Crippen molar-refractivity contribution in [3.8, 4) is 16.9 Å². The average Bonchev–Trinajstić information content (AvgIpc) is 3.32. The highest BCUT2D eigenvalue weighted by atomic mass is 16.6. The van der Waals surface area contributed by atoms with Gasteiger partial charge in [0, 0.05) is 57.5 Å². The molecule has 2 aromatic carbocycles. The van der Waals surface area contributed by atoms with Crippen LogP contribution in [0.15, 0.2) is 42.5 Å². The van der Waals surface area contributed by atoms with Crippen molar-refractivity contribution in [3.05, 3.63) is 53.6 Å². The topological polar surface area (TPSA) is 328 Å². The minimum absolute atomic E-state index is 0.00964. The Morgan fingerprint density at radius 2 is 1.09 bits per heavy atom. The molecule has 24 heteroatoms. The van der Waals surface area contributed by atoms with E-state index in [9.17, 15) is 48.3 Å². The number of hydrogen-bond donors (Lipinski definition) is 10. The number of nitrogens with one attached hydrogen (secondary N) is 9. The summed E-state index contributed by atoms with van der Waals surface area (Å²) in [5.74, 6) is -3.12. The summed E-state index contributed by atoms with van der Waals surface area (Å²) >= 11 is 0. The van der Waals surface area contributed by atoms with Gasteiger partial charge in [0.05, 0.1) is 0 Å². The first-order valence-corrected chi connectivity index (χ1v) is 27.8. The maximum absolute atomic E-state index is 14.9. The molecule has 0 saturated carbocycles. The molecule has 5 atom stereocenters. The average molecular weight is 1150 g/mol. The van der Waals surface area contributed by atoms with E-state index >= 15 is 0 Å².